The molecule has 92 valence electrons. The first kappa shape index (κ1) is 14.8. The van der Waals surface area contributed by atoms with Crippen molar-refractivity contribution >= 4 is 0 Å². The zero-order chi connectivity index (χ0) is 11.9. The molecule has 0 radical (unpaired) electrons. The van der Waals surface area contributed by atoms with Crippen molar-refractivity contribution in [2.75, 3.05) is 13.2 Å². The highest BCUT2D eigenvalue weighted by molar-refractivity contribution is 4.85. The Morgan fingerprint density at radius 1 is 1.33 bits per heavy atom. The minimum Gasteiger partial charge on any atom is -0.390 e. The van der Waals surface area contributed by atoms with Crippen molar-refractivity contribution in [1.82, 2.24) is 5.32 Å². The minimum atomic E-state index is -2.96. The summed E-state index contributed by atoms with van der Waals surface area (Å²) in [6.45, 7) is 4.65. The van der Waals surface area contributed by atoms with Gasteiger partial charge in [0.15, 0.2) is 0 Å². The maximum absolute atomic E-state index is 12.5. The number of alkyl halides is 2. The van der Waals surface area contributed by atoms with Gasteiger partial charge >= 0.3 is 0 Å². The summed E-state index contributed by atoms with van der Waals surface area (Å²) < 4.78 is 25.1. The van der Waals surface area contributed by atoms with Gasteiger partial charge in [0.2, 0.25) is 0 Å². The second-order valence-corrected chi connectivity index (χ2v) is 3.84. The Hall–Kier alpha value is -0.220. The molecule has 2 N–H and O–H groups in total. The molecule has 0 spiro atoms. The van der Waals surface area contributed by atoms with Crippen LogP contribution < -0.4 is 5.32 Å². The van der Waals surface area contributed by atoms with E-state index in [-0.39, 0.29) is 6.04 Å². The molecule has 0 bridgehead atoms. The molecule has 2 nitrogen and oxygen atoms in total. The Labute approximate surface area is 91.1 Å². The molecule has 15 heavy (non-hydrogen) atoms. The first-order chi connectivity index (χ1) is 7.07. The van der Waals surface area contributed by atoms with E-state index in [1.54, 1.807) is 0 Å². The Morgan fingerprint density at radius 2 is 1.87 bits per heavy atom. The molecule has 0 amide bonds. The molecule has 1 aliphatic rings. The molecule has 0 unspecified atom stereocenters. The van der Waals surface area contributed by atoms with Gasteiger partial charge in [-0.15, -0.1) is 0 Å². The fourth-order valence-electron chi connectivity index (χ4n) is 1.59. The van der Waals surface area contributed by atoms with Gasteiger partial charge in [-0.3, -0.25) is 0 Å². The normalized spacial score (nSPS) is 25.2. The average Bonchev–Trinajstić information content (AvgIpc) is 2.19. The number of halogens is 2. The summed E-state index contributed by atoms with van der Waals surface area (Å²) in [6.07, 6.45) is 3.13. The monoisotopic (exact) mass is 223 g/mol. The van der Waals surface area contributed by atoms with Crippen LogP contribution in [0.4, 0.5) is 8.78 Å². The molecule has 4 heteroatoms. The van der Waals surface area contributed by atoms with Crippen LogP contribution in [0.25, 0.3) is 0 Å². The molecule has 0 saturated heterocycles. The molecule has 0 aliphatic heterocycles. The summed E-state index contributed by atoms with van der Waals surface area (Å²) in [6, 6.07) is 0.238. The molecule has 1 rings (SSSR count). The standard InChI is InChI=1S/C9H17F2NO.C2H6/c1-2-7-3-8(4-7)12-5-9(10,11)6-13;1-2/h7-8,12-13H,2-6H2,1H3;1-2H3. The third-order valence-electron chi connectivity index (χ3n) is 2.69. The molecule has 1 fully saturated rings. The lowest BCUT2D eigenvalue weighted by atomic mass is 9.78. The number of aliphatic hydroxyl groups excluding tert-OH is 1. The number of hydrogen-bond donors (Lipinski definition) is 2. The largest absolute Gasteiger partial charge is 0.390 e. The lowest BCUT2D eigenvalue weighted by Crippen LogP contribution is -2.47. The maximum Gasteiger partial charge on any atom is 0.282 e. The van der Waals surface area contributed by atoms with Crippen molar-refractivity contribution in [1.29, 1.82) is 0 Å². The van der Waals surface area contributed by atoms with Gasteiger partial charge in [-0.1, -0.05) is 27.2 Å². The fraction of sp³-hybridized carbons (Fsp3) is 1.00. The van der Waals surface area contributed by atoms with Gasteiger partial charge in [-0.05, 0) is 18.8 Å². The first-order valence-corrected chi connectivity index (χ1v) is 5.79. The summed E-state index contributed by atoms with van der Waals surface area (Å²) >= 11 is 0. The van der Waals surface area contributed by atoms with E-state index >= 15 is 0 Å². The van der Waals surface area contributed by atoms with E-state index in [0.29, 0.717) is 5.92 Å². The van der Waals surface area contributed by atoms with Crippen LogP contribution in [0.5, 0.6) is 0 Å². The van der Waals surface area contributed by atoms with Crippen molar-refractivity contribution in [2.24, 2.45) is 5.92 Å². The second kappa shape index (κ2) is 7.12. The smallest absolute Gasteiger partial charge is 0.282 e. The molecule has 0 atom stereocenters. The minimum absolute atomic E-state index is 0.238. The number of rotatable bonds is 5. The van der Waals surface area contributed by atoms with Gasteiger partial charge in [0.25, 0.3) is 5.92 Å². The van der Waals surface area contributed by atoms with E-state index in [1.807, 2.05) is 13.8 Å². The SMILES string of the molecule is CC.CCC1CC(NCC(F)(F)CO)C1. The van der Waals surface area contributed by atoms with E-state index < -0.39 is 19.1 Å². The predicted octanol–water partition coefficient (Wildman–Crippen LogP) is 2.42. The van der Waals surface area contributed by atoms with E-state index in [4.69, 9.17) is 5.11 Å². The Morgan fingerprint density at radius 3 is 2.27 bits per heavy atom. The quantitative estimate of drug-likeness (QED) is 0.750. The Balaban J connectivity index is 0.000000921. The summed E-state index contributed by atoms with van der Waals surface area (Å²) in [7, 11) is 0. The first-order valence-electron chi connectivity index (χ1n) is 5.79. The van der Waals surface area contributed by atoms with Crippen molar-refractivity contribution in [2.45, 2.75) is 52.0 Å². The highest BCUT2D eigenvalue weighted by Gasteiger charge is 2.32. The molecule has 0 aromatic heterocycles. The third kappa shape index (κ3) is 5.42. The predicted molar refractivity (Wildman–Crippen MR) is 58.2 cm³/mol. The topological polar surface area (TPSA) is 32.3 Å². The Kier molecular flexibility index (Phi) is 7.02. The van der Waals surface area contributed by atoms with Gasteiger partial charge in [0, 0.05) is 6.04 Å². The van der Waals surface area contributed by atoms with E-state index in [2.05, 4.69) is 12.2 Å². The van der Waals surface area contributed by atoms with E-state index in [0.717, 1.165) is 19.3 Å². The van der Waals surface area contributed by atoms with Crippen LogP contribution in [-0.2, 0) is 0 Å². The lowest BCUT2D eigenvalue weighted by Gasteiger charge is -2.36. The molecule has 1 aliphatic carbocycles. The molecule has 0 aromatic carbocycles. The van der Waals surface area contributed by atoms with Crippen LogP contribution in [0.2, 0.25) is 0 Å². The number of hydrogen-bond acceptors (Lipinski definition) is 2. The highest BCUT2D eigenvalue weighted by atomic mass is 19.3. The second-order valence-electron chi connectivity index (χ2n) is 3.84. The van der Waals surface area contributed by atoms with Crippen LogP contribution in [0.1, 0.15) is 40.0 Å². The molecule has 0 aromatic rings. The summed E-state index contributed by atoms with van der Waals surface area (Å²) in [4.78, 5) is 0. The van der Waals surface area contributed by atoms with Gasteiger partial charge in [-0.25, -0.2) is 8.78 Å². The Bertz CT molecular complexity index is 159. The van der Waals surface area contributed by atoms with Crippen LogP contribution in [-0.4, -0.2) is 30.2 Å². The molecular weight excluding hydrogens is 200 g/mol. The lowest BCUT2D eigenvalue weighted by molar-refractivity contribution is -0.0521. The summed E-state index contributed by atoms with van der Waals surface area (Å²) in [5, 5.41) is 11.1. The van der Waals surface area contributed by atoms with Crippen molar-refractivity contribution in [3.8, 4) is 0 Å². The van der Waals surface area contributed by atoms with E-state index in [9.17, 15) is 8.78 Å². The van der Waals surface area contributed by atoms with Crippen molar-refractivity contribution in [3.63, 3.8) is 0 Å². The molecular formula is C11H23F2NO. The molecule has 0 heterocycles. The van der Waals surface area contributed by atoms with Crippen LogP contribution >= 0.6 is 0 Å². The van der Waals surface area contributed by atoms with Gasteiger partial charge in [0.05, 0.1) is 6.54 Å². The average molecular weight is 223 g/mol. The zero-order valence-corrected chi connectivity index (χ0v) is 9.89. The van der Waals surface area contributed by atoms with Crippen LogP contribution in [0.15, 0.2) is 0 Å². The maximum atomic E-state index is 12.5. The summed E-state index contributed by atoms with van der Waals surface area (Å²) in [5.74, 6) is -2.25. The third-order valence-corrected chi connectivity index (χ3v) is 2.69. The number of aliphatic hydroxyl groups is 1. The zero-order valence-electron chi connectivity index (χ0n) is 9.89. The van der Waals surface area contributed by atoms with Crippen molar-refractivity contribution < 1.29 is 13.9 Å². The highest BCUT2D eigenvalue weighted by Crippen LogP contribution is 2.30. The van der Waals surface area contributed by atoms with Gasteiger partial charge in [-0.2, -0.15) is 0 Å². The number of nitrogens with one attached hydrogen (secondary N) is 1. The summed E-state index contributed by atoms with van der Waals surface area (Å²) in [5.41, 5.74) is 0. The molecule has 1 saturated carbocycles. The van der Waals surface area contributed by atoms with Crippen molar-refractivity contribution in [3.05, 3.63) is 0 Å². The van der Waals surface area contributed by atoms with Gasteiger partial charge in [0.1, 0.15) is 6.61 Å². The van der Waals surface area contributed by atoms with E-state index in [1.165, 1.54) is 0 Å². The van der Waals surface area contributed by atoms with Crippen LogP contribution in [0, 0.1) is 5.92 Å². The van der Waals surface area contributed by atoms with Crippen LogP contribution in [0.3, 0.4) is 0 Å². The van der Waals surface area contributed by atoms with Gasteiger partial charge < -0.3 is 10.4 Å². The fourth-order valence-corrected chi connectivity index (χ4v) is 1.59.